The average molecular weight is 348 g/mol. The molecular weight excluding hydrogens is 322 g/mol. The number of halogens is 1. The van der Waals surface area contributed by atoms with Crippen LogP contribution < -0.4 is 5.32 Å². The van der Waals surface area contributed by atoms with Crippen molar-refractivity contribution in [2.45, 2.75) is 57.5 Å². The fourth-order valence-corrected chi connectivity index (χ4v) is 5.84. The Kier molecular flexibility index (Phi) is 3.87. The predicted molar refractivity (Wildman–Crippen MR) is 91.1 cm³/mol. The highest BCUT2D eigenvalue weighted by atomic mass is 79.9. The van der Waals surface area contributed by atoms with Gasteiger partial charge in [-0.15, -0.1) is 0 Å². The molecular formula is C19H26BrN. The van der Waals surface area contributed by atoms with Crippen molar-refractivity contribution < 1.29 is 0 Å². The largest absolute Gasteiger partial charge is 0.307 e. The van der Waals surface area contributed by atoms with E-state index in [4.69, 9.17) is 0 Å². The van der Waals surface area contributed by atoms with Crippen LogP contribution in [0.25, 0.3) is 0 Å². The highest BCUT2D eigenvalue weighted by Crippen LogP contribution is 2.54. The van der Waals surface area contributed by atoms with Crippen LogP contribution in [0.4, 0.5) is 0 Å². The highest BCUT2D eigenvalue weighted by molar-refractivity contribution is 9.10. The van der Waals surface area contributed by atoms with Gasteiger partial charge in [-0.3, -0.25) is 0 Å². The van der Waals surface area contributed by atoms with Crippen LogP contribution >= 0.6 is 15.9 Å². The second kappa shape index (κ2) is 5.70. The number of nitrogens with one attached hydrogen (secondary N) is 1. The zero-order chi connectivity index (χ0) is 14.4. The van der Waals surface area contributed by atoms with E-state index in [9.17, 15) is 0 Å². The van der Waals surface area contributed by atoms with Crippen molar-refractivity contribution in [3.8, 4) is 0 Å². The minimum absolute atomic E-state index is 0.528. The first kappa shape index (κ1) is 14.3. The fourth-order valence-electron chi connectivity index (χ4n) is 5.57. The van der Waals surface area contributed by atoms with Crippen LogP contribution in [0.1, 0.15) is 57.1 Å². The van der Waals surface area contributed by atoms with E-state index in [1.54, 1.807) is 6.42 Å². The quantitative estimate of drug-likeness (QED) is 0.777. The first-order chi connectivity index (χ1) is 10.2. The average Bonchev–Trinajstić information content (AvgIpc) is 2.47. The molecule has 5 rings (SSSR count). The smallest absolute Gasteiger partial charge is 0.0320 e. The lowest BCUT2D eigenvalue weighted by Crippen LogP contribution is -2.55. The minimum atomic E-state index is 0.528. The Hall–Kier alpha value is -0.340. The zero-order valence-electron chi connectivity index (χ0n) is 12.9. The first-order valence-electron chi connectivity index (χ1n) is 8.74. The molecule has 0 heterocycles. The summed E-state index contributed by atoms with van der Waals surface area (Å²) in [7, 11) is 0. The maximum absolute atomic E-state index is 4.07. The lowest BCUT2D eigenvalue weighted by atomic mass is 9.54. The molecule has 0 aromatic heterocycles. The van der Waals surface area contributed by atoms with Gasteiger partial charge in [-0.05, 0) is 79.9 Å². The van der Waals surface area contributed by atoms with Crippen molar-refractivity contribution in [3.05, 3.63) is 34.3 Å². The third-order valence-corrected chi connectivity index (χ3v) is 6.83. The predicted octanol–water partition coefficient (Wildman–Crippen LogP) is 5.31. The van der Waals surface area contributed by atoms with Crippen LogP contribution in [0.3, 0.4) is 0 Å². The van der Waals surface area contributed by atoms with Crippen LogP contribution in [0, 0.1) is 23.7 Å². The summed E-state index contributed by atoms with van der Waals surface area (Å²) in [5.41, 5.74) is 1.45. The van der Waals surface area contributed by atoms with Crippen molar-refractivity contribution in [2.75, 3.05) is 0 Å². The molecule has 4 fully saturated rings. The molecule has 0 saturated heterocycles. The van der Waals surface area contributed by atoms with Gasteiger partial charge in [0.05, 0.1) is 0 Å². The summed E-state index contributed by atoms with van der Waals surface area (Å²) in [6, 6.07) is 10.2. The summed E-state index contributed by atoms with van der Waals surface area (Å²) < 4.78 is 1.18. The molecule has 2 heteroatoms. The van der Waals surface area contributed by atoms with E-state index in [-0.39, 0.29) is 0 Å². The Morgan fingerprint density at radius 1 is 1.00 bits per heavy atom. The molecule has 4 bridgehead atoms. The lowest BCUT2D eigenvalue weighted by Gasteiger charge is -2.55. The zero-order valence-corrected chi connectivity index (χ0v) is 14.5. The summed E-state index contributed by atoms with van der Waals surface area (Å²) in [4.78, 5) is 0. The Balaban J connectivity index is 1.50. The standard InChI is InChI=1S/C19H26BrN/c1-2-18(14-3-5-17(20)6-4-14)21-19-15-8-12-7-13(10-15)11-16(19)9-12/h3-6,12-13,15-16,18-19,21H,2,7-11H2,1H3. The van der Waals surface area contributed by atoms with Crippen molar-refractivity contribution >= 4 is 15.9 Å². The number of benzene rings is 1. The maximum atomic E-state index is 4.07. The molecule has 0 amide bonds. The van der Waals surface area contributed by atoms with Crippen molar-refractivity contribution in [1.29, 1.82) is 0 Å². The molecule has 0 radical (unpaired) electrons. The molecule has 114 valence electrons. The van der Waals surface area contributed by atoms with E-state index in [2.05, 4.69) is 52.4 Å². The number of hydrogen-bond acceptors (Lipinski definition) is 1. The summed E-state index contributed by atoms with van der Waals surface area (Å²) in [5, 5.41) is 4.07. The molecule has 4 aliphatic carbocycles. The summed E-state index contributed by atoms with van der Waals surface area (Å²) in [5.74, 6) is 4.06. The first-order valence-corrected chi connectivity index (χ1v) is 9.53. The van der Waals surface area contributed by atoms with Gasteiger partial charge >= 0.3 is 0 Å². The molecule has 1 atom stereocenters. The summed E-state index contributed by atoms with van der Waals surface area (Å²) in [6.45, 7) is 2.32. The van der Waals surface area contributed by atoms with Gasteiger partial charge < -0.3 is 5.32 Å². The van der Waals surface area contributed by atoms with Crippen LogP contribution in [0.5, 0.6) is 0 Å². The molecule has 1 aromatic rings. The van der Waals surface area contributed by atoms with Gasteiger partial charge in [0.25, 0.3) is 0 Å². The van der Waals surface area contributed by atoms with Gasteiger partial charge in [-0.1, -0.05) is 35.0 Å². The fraction of sp³-hybridized carbons (Fsp3) is 0.684. The van der Waals surface area contributed by atoms with Gasteiger partial charge in [0.2, 0.25) is 0 Å². The van der Waals surface area contributed by atoms with Gasteiger partial charge in [-0.25, -0.2) is 0 Å². The monoisotopic (exact) mass is 347 g/mol. The van der Waals surface area contributed by atoms with E-state index >= 15 is 0 Å². The van der Waals surface area contributed by atoms with Crippen molar-refractivity contribution in [3.63, 3.8) is 0 Å². The van der Waals surface area contributed by atoms with Gasteiger partial charge in [0.15, 0.2) is 0 Å². The Bertz CT molecular complexity index is 467. The molecule has 1 aromatic carbocycles. The van der Waals surface area contributed by atoms with E-state index in [1.807, 2.05) is 0 Å². The minimum Gasteiger partial charge on any atom is -0.307 e. The second-order valence-electron chi connectivity index (χ2n) is 7.64. The van der Waals surface area contributed by atoms with Gasteiger partial charge in [0, 0.05) is 16.6 Å². The molecule has 4 saturated carbocycles. The molecule has 1 unspecified atom stereocenters. The molecule has 1 nitrogen and oxygen atoms in total. The van der Waals surface area contributed by atoms with Crippen LogP contribution in [-0.2, 0) is 0 Å². The molecule has 4 aliphatic rings. The van der Waals surface area contributed by atoms with Gasteiger partial charge in [-0.2, -0.15) is 0 Å². The SMILES string of the molecule is CCC(NC1C2CC3CC(C2)CC1C3)c1ccc(Br)cc1. The number of rotatable bonds is 4. The Morgan fingerprint density at radius 2 is 1.57 bits per heavy atom. The molecule has 0 spiro atoms. The lowest BCUT2D eigenvalue weighted by molar-refractivity contribution is -0.0179. The molecule has 1 N–H and O–H groups in total. The van der Waals surface area contributed by atoms with Crippen LogP contribution in [0.15, 0.2) is 28.7 Å². The van der Waals surface area contributed by atoms with E-state index in [1.165, 1.54) is 42.1 Å². The topological polar surface area (TPSA) is 12.0 Å². The Morgan fingerprint density at radius 3 is 2.10 bits per heavy atom. The molecule has 21 heavy (non-hydrogen) atoms. The summed E-state index contributed by atoms with van der Waals surface area (Å²) in [6.07, 6.45) is 8.74. The highest BCUT2D eigenvalue weighted by Gasteiger charge is 2.48. The van der Waals surface area contributed by atoms with Crippen molar-refractivity contribution in [2.24, 2.45) is 23.7 Å². The van der Waals surface area contributed by atoms with Gasteiger partial charge in [0.1, 0.15) is 0 Å². The third-order valence-electron chi connectivity index (χ3n) is 6.30. The third kappa shape index (κ3) is 2.70. The summed E-state index contributed by atoms with van der Waals surface area (Å²) >= 11 is 3.55. The Labute approximate surface area is 137 Å². The van der Waals surface area contributed by atoms with Crippen LogP contribution in [-0.4, -0.2) is 6.04 Å². The second-order valence-corrected chi connectivity index (χ2v) is 8.55. The van der Waals surface area contributed by atoms with E-state index in [0.717, 1.165) is 29.7 Å². The van der Waals surface area contributed by atoms with E-state index < -0.39 is 0 Å². The normalized spacial score (nSPS) is 38.7. The maximum Gasteiger partial charge on any atom is 0.0320 e. The number of hydrogen-bond donors (Lipinski definition) is 1. The van der Waals surface area contributed by atoms with E-state index in [0.29, 0.717) is 6.04 Å². The van der Waals surface area contributed by atoms with Crippen LogP contribution in [0.2, 0.25) is 0 Å². The van der Waals surface area contributed by atoms with Crippen molar-refractivity contribution in [1.82, 2.24) is 5.32 Å². The molecule has 0 aliphatic heterocycles.